The Labute approximate surface area is 147 Å². The predicted octanol–water partition coefficient (Wildman–Crippen LogP) is 3.27. The SMILES string of the molecule is Nc1ccc([N+](=O)[O-])cc1-c1nc(CS(=O)(=O)c2ccccc2)cs1. The fraction of sp³-hybridized carbons (Fsp3) is 0.0625. The Kier molecular flexibility index (Phi) is 4.51. The Morgan fingerprint density at radius 1 is 1.16 bits per heavy atom. The summed E-state index contributed by atoms with van der Waals surface area (Å²) in [6, 6.07) is 12.2. The van der Waals surface area contributed by atoms with Crippen LogP contribution in [-0.2, 0) is 15.6 Å². The third kappa shape index (κ3) is 3.67. The van der Waals surface area contributed by atoms with Crippen LogP contribution in [0.25, 0.3) is 10.6 Å². The number of nitrogens with zero attached hydrogens (tertiary/aromatic N) is 2. The van der Waals surface area contributed by atoms with Crippen LogP contribution in [0.3, 0.4) is 0 Å². The molecule has 128 valence electrons. The van der Waals surface area contributed by atoms with Crippen LogP contribution in [0.15, 0.2) is 58.8 Å². The fourth-order valence-corrected chi connectivity index (χ4v) is 4.48. The summed E-state index contributed by atoms with van der Waals surface area (Å²) in [6.07, 6.45) is 0. The highest BCUT2D eigenvalue weighted by Gasteiger charge is 2.19. The highest BCUT2D eigenvalue weighted by Crippen LogP contribution is 2.32. The van der Waals surface area contributed by atoms with Gasteiger partial charge in [-0.1, -0.05) is 18.2 Å². The van der Waals surface area contributed by atoms with Gasteiger partial charge in [-0.3, -0.25) is 10.1 Å². The summed E-state index contributed by atoms with van der Waals surface area (Å²) in [5.41, 5.74) is 6.91. The van der Waals surface area contributed by atoms with E-state index in [1.165, 1.54) is 41.7 Å². The van der Waals surface area contributed by atoms with Gasteiger partial charge >= 0.3 is 0 Å². The molecular formula is C16H13N3O4S2. The van der Waals surface area contributed by atoms with E-state index in [0.29, 0.717) is 22.0 Å². The largest absolute Gasteiger partial charge is 0.398 e. The normalized spacial score (nSPS) is 11.4. The van der Waals surface area contributed by atoms with Crippen LogP contribution in [0.2, 0.25) is 0 Å². The molecule has 0 bridgehead atoms. The first-order chi connectivity index (χ1) is 11.9. The van der Waals surface area contributed by atoms with Crippen molar-refractivity contribution >= 4 is 32.5 Å². The molecule has 0 fully saturated rings. The molecule has 2 N–H and O–H groups in total. The molecule has 0 amide bonds. The minimum atomic E-state index is -3.51. The molecule has 0 aliphatic carbocycles. The smallest absolute Gasteiger partial charge is 0.270 e. The van der Waals surface area contributed by atoms with Crippen molar-refractivity contribution < 1.29 is 13.3 Å². The Bertz CT molecular complexity index is 1030. The van der Waals surface area contributed by atoms with Crippen LogP contribution in [-0.4, -0.2) is 18.3 Å². The highest BCUT2D eigenvalue weighted by molar-refractivity contribution is 7.90. The van der Waals surface area contributed by atoms with Gasteiger partial charge in [0.25, 0.3) is 5.69 Å². The van der Waals surface area contributed by atoms with Crippen molar-refractivity contribution in [3.05, 3.63) is 69.7 Å². The van der Waals surface area contributed by atoms with Gasteiger partial charge in [0.1, 0.15) is 5.01 Å². The van der Waals surface area contributed by atoms with Gasteiger partial charge < -0.3 is 5.73 Å². The van der Waals surface area contributed by atoms with Gasteiger partial charge in [0.05, 0.1) is 21.3 Å². The van der Waals surface area contributed by atoms with Crippen molar-refractivity contribution in [3.8, 4) is 10.6 Å². The lowest BCUT2D eigenvalue weighted by atomic mass is 10.1. The molecule has 1 aromatic heterocycles. The molecule has 0 spiro atoms. The first kappa shape index (κ1) is 17.1. The summed E-state index contributed by atoms with van der Waals surface area (Å²) >= 11 is 1.19. The lowest BCUT2D eigenvalue weighted by Gasteiger charge is -2.03. The second-order valence-corrected chi connectivity index (χ2v) is 8.09. The molecule has 0 saturated carbocycles. The van der Waals surface area contributed by atoms with Crippen LogP contribution in [0.5, 0.6) is 0 Å². The third-order valence-corrected chi connectivity index (χ3v) is 6.06. The molecule has 0 radical (unpaired) electrons. The molecule has 0 saturated heterocycles. The maximum atomic E-state index is 12.4. The Balaban J connectivity index is 1.91. The Morgan fingerprint density at radius 3 is 2.56 bits per heavy atom. The van der Waals surface area contributed by atoms with Crippen LogP contribution < -0.4 is 5.73 Å². The molecule has 0 aliphatic heterocycles. The van der Waals surface area contributed by atoms with Crippen molar-refractivity contribution in [2.75, 3.05) is 5.73 Å². The molecule has 3 aromatic rings. The molecule has 0 atom stereocenters. The van der Waals surface area contributed by atoms with E-state index in [-0.39, 0.29) is 16.3 Å². The molecule has 3 rings (SSSR count). The number of hydrogen-bond acceptors (Lipinski definition) is 7. The molecule has 0 unspecified atom stereocenters. The molecule has 25 heavy (non-hydrogen) atoms. The van der Waals surface area contributed by atoms with Crippen LogP contribution >= 0.6 is 11.3 Å². The molecule has 7 nitrogen and oxygen atoms in total. The van der Waals surface area contributed by atoms with E-state index >= 15 is 0 Å². The second-order valence-electron chi connectivity index (χ2n) is 5.24. The molecule has 0 aliphatic rings. The van der Waals surface area contributed by atoms with E-state index < -0.39 is 14.8 Å². The van der Waals surface area contributed by atoms with E-state index in [2.05, 4.69) is 4.98 Å². The summed E-state index contributed by atoms with van der Waals surface area (Å²) in [5, 5.41) is 13.0. The number of nitrogen functional groups attached to an aromatic ring is 1. The molecular weight excluding hydrogens is 362 g/mol. The van der Waals surface area contributed by atoms with Crippen LogP contribution in [0, 0.1) is 10.1 Å². The average Bonchev–Trinajstić information content (AvgIpc) is 3.03. The topological polar surface area (TPSA) is 116 Å². The molecule has 2 aromatic carbocycles. The van der Waals surface area contributed by atoms with Gasteiger partial charge in [-0.05, 0) is 18.2 Å². The summed E-state index contributed by atoms with van der Waals surface area (Å²) in [4.78, 5) is 14.9. The number of hydrogen-bond donors (Lipinski definition) is 1. The van der Waals surface area contributed by atoms with Crippen molar-refractivity contribution in [1.82, 2.24) is 4.98 Å². The molecule has 9 heteroatoms. The van der Waals surface area contributed by atoms with E-state index in [1.54, 1.807) is 23.6 Å². The van der Waals surface area contributed by atoms with Gasteiger partial charge in [0.15, 0.2) is 9.84 Å². The lowest BCUT2D eigenvalue weighted by molar-refractivity contribution is -0.384. The maximum absolute atomic E-state index is 12.4. The number of rotatable bonds is 5. The number of nitrogens with two attached hydrogens (primary N) is 1. The summed E-state index contributed by atoms with van der Waals surface area (Å²) in [7, 11) is -3.51. The summed E-state index contributed by atoms with van der Waals surface area (Å²) in [6.45, 7) is 0. The maximum Gasteiger partial charge on any atom is 0.270 e. The number of benzene rings is 2. The quantitative estimate of drug-likeness (QED) is 0.415. The first-order valence-corrected chi connectivity index (χ1v) is 9.66. The standard InChI is InChI=1S/C16H13N3O4S2/c17-15-7-6-12(19(20)21)8-14(15)16-18-11(9-24-16)10-25(22,23)13-4-2-1-3-5-13/h1-9H,10,17H2. The van der Waals surface area contributed by atoms with Crippen LogP contribution in [0.1, 0.15) is 5.69 Å². The number of sulfone groups is 1. The Morgan fingerprint density at radius 2 is 1.88 bits per heavy atom. The fourth-order valence-electron chi connectivity index (χ4n) is 2.25. The zero-order valence-corrected chi connectivity index (χ0v) is 14.5. The number of nitro benzene ring substituents is 1. The number of anilines is 1. The number of nitro groups is 1. The number of non-ortho nitro benzene ring substituents is 1. The second kappa shape index (κ2) is 6.61. The zero-order chi connectivity index (χ0) is 18.0. The lowest BCUT2D eigenvalue weighted by Crippen LogP contribution is -2.05. The van der Waals surface area contributed by atoms with E-state index in [9.17, 15) is 18.5 Å². The summed E-state index contributed by atoms with van der Waals surface area (Å²) in [5.74, 6) is -0.248. The van der Waals surface area contributed by atoms with Gasteiger partial charge in [0.2, 0.25) is 0 Å². The van der Waals surface area contributed by atoms with Crippen molar-refractivity contribution in [2.24, 2.45) is 0 Å². The van der Waals surface area contributed by atoms with Crippen molar-refractivity contribution in [3.63, 3.8) is 0 Å². The van der Waals surface area contributed by atoms with Gasteiger partial charge in [0, 0.05) is 28.8 Å². The number of thiazole rings is 1. The average molecular weight is 375 g/mol. The minimum Gasteiger partial charge on any atom is -0.398 e. The Hall–Kier alpha value is -2.78. The van der Waals surface area contributed by atoms with E-state index in [1.807, 2.05) is 0 Å². The van der Waals surface area contributed by atoms with E-state index in [4.69, 9.17) is 5.73 Å². The van der Waals surface area contributed by atoms with E-state index in [0.717, 1.165) is 0 Å². The van der Waals surface area contributed by atoms with Crippen molar-refractivity contribution in [1.29, 1.82) is 0 Å². The monoisotopic (exact) mass is 375 g/mol. The van der Waals surface area contributed by atoms with Crippen LogP contribution in [0.4, 0.5) is 11.4 Å². The number of aromatic nitrogens is 1. The molecule has 1 heterocycles. The van der Waals surface area contributed by atoms with Gasteiger partial charge in [-0.15, -0.1) is 11.3 Å². The summed E-state index contributed by atoms with van der Waals surface area (Å²) < 4.78 is 24.8. The minimum absolute atomic E-state index is 0.0992. The highest BCUT2D eigenvalue weighted by atomic mass is 32.2. The zero-order valence-electron chi connectivity index (χ0n) is 12.8. The van der Waals surface area contributed by atoms with Gasteiger partial charge in [-0.2, -0.15) is 0 Å². The first-order valence-electron chi connectivity index (χ1n) is 7.13. The van der Waals surface area contributed by atoms with Gasteiger partial charge in [-0.25, -0.2) is 13.4 Å². The third-order valence-electron chi connectivity index (χ3n) is 3.47. The predicted molar refractivity (Wildman–Crippen MR) is 95.9 cm³/mol. The van der Waals surface area contributed by atoms with Crippen molar-refractivity contribution in [2.45, 2.75) is 10.6 Å².